The van der Waals surface area contributed by atoms with E-state index in [0.717, 1.165) is 30.5 Å². The first-order chi connectivity index (χ1) is 7.19. The Bertz CT molecular complexity index is 310. The SMILES string of the molecule is CCCNC(CC)c1cc(C)cnc1N. The molecule has 84 valence electrons. The minimum atomic E-state index is 0.331. The summed E-state index contributed by atoms with van der Waals surface area (Å²) in [6.07, 6.45) is 3.98. The van der Waals surface area contributed by atoms with Gasteiger partial charge in [-0.25, -0.2) is 4.98 Å². The summed E-state index contributed by atoms with van der Waals surface area (Å²) in [5.74, 6) is 0.649. The van der Waals surface area contributed by atoms with Gasteiger partial charge in [0.2, 0.25) is 0 Å². The second kappa shape index (κ2) is 5.71. The number of nitrogen functional groups attached to an aromatic ring is 1. The lowest BCUT2D eigenvalue weighted by molar-refractivity contribution is 0.518. The first-order valence-corrected chi connectivity index (χ1v) is 5.64. The predicted octanol–water partition coefficient (Wildman–Crippen LogP) is 2.42. The van der Waals surface area contributed by atoms with Crippen LogP contribution in [0.15, 0.2) is 12.3 Å². The molecule has 0 radical (unpaired) electrons. The molecule has 0 aromatic carbocycles. The van der Waals surface area contributed by atoms with Crippen LogP contribution < -0.4 is 11.1 Å². The van der Waals surface area contributed by atoms with Gasteiger partial charge in [0.05, 0.1) is 0 Å². The van der Waals surface area contributed by atoms with Crippen molar-refractivity contribution in [3.05, 3.63) is 23.4 Å². The minimum absolute atomic E-state index is 0.331. The summed E-state index contributed by atoms with van der Waals surface area (Å²) < 4.78 is 0. The van der Waals surface area contributed by atoms with E-state index in [9.17, 15) is 0 Å². The summed E-state index contributed by atoms with van der Waals surface area (Å²) in [5, 5.41) is 3.48. The maximum Gasteiger partial charge on any atom is 0.128 e. The number of nitrogens with one attached hydrogen (secondary N) is 1. The maximum atomic E-state index is 5.89. The van der Waals surface area contributed by atoms with Gasteiger partial charge in [0.25, 0.3) is 0 Å². The molecular formula is C12H21N3. The molecule has 3 N–H and O–H groups in total. The van der Waals surface area contributed by atoms with Gasteiger partial charge in [0.15, 0.2) is 0 Å². The van der Waals surface area contributed by atoms with Crippen molar-refractivity contribution in [2.45, 2.75) is 39.7 Å². The normalized spacial score (nSPS) is 12.7. The van der Waals surface area contributed by atoms with Crippen LogP contribution in [0.4, 0.5) is 5.82 Å². The quantitative estimate of drug-likeness (QED) is 0.779. The minimum Gasteiger partial charge on any atom is -0.383 e. The number of hydrogen-bond donors (Lipinski definition) is 2. The lowest BCUT2D eigenvalue weighted by Gasteiger charge is -2.18. The van der Waals surface area contributed by atoms with Crippen LogP contribution in [0.3, 0.4) is 0 Å². The highest BCUT2D eigenvalue weighted by Crippen LogP contribution is 2.22. The van der Waals surface area contributed by atoms with Crippen molar-refractivity contribution in [2.75, 3.05) is 12.3 Å². The van der Waals surface area contributed by atoms with Crippen LogP contribution in [0.25, 0.3) is 0 Å². The molecule has 1 aromatic heterocycles. The van der Waals surface area contributed by atoms with E-state index in [0.29, 0.717) is 11.9 Å². The average Bonchev–Trinajstić information content (AvgIpc) is 2.24. The van der Waals surface area contributed by atoms with E-state index in [1.807, 2.05) is 13.1 Å². The molecule has 3 heteroatoms. The van der Waals surface area contributed by atoms with Crippen molar-refractivity contribution in [3.8, 4) is 0 Å². The fourth-order valence-corrected chi connectivity index (χ4v) is 1.67. The zero-order valence-corrected chi connectivity index (χ0v) is 9.88. The van der Waals surface area contributed by atoms with Gasteiger partial charge < -0.3 is 11.1 Å². The van der Waals surface area contributed by atoms with Gasteiger partial charge in [0.1, 0.15) is 5.82 Å². The highest BCUT2D eigenvalue weighted by Gasteiger charge is 2.12. The molecule has 0 saturated carbocycles. The molecular weight excluding hydrogens is 186 g/mol. The highest BCUT2D eigenvalue weighted by molar-refractivity contribution is 5.42. The molecule has 0 spiro atoms. The summed E-state index contributed by atoms with van der Waals surface area (Å²) in [7, 11) is 0. The summed E-state index contributed by atoms with van der Waals surface area (Å²) in [4.78, 5) is 4.19. The molecule has 1 heterocycles. The Hall–Kier alpha value is -1.09. The van der Waals surface area contributed by atoms with Gasteiger partial charge in [-0.1, -0.05) is 13.8 Å². The standard InChI is InChI=1S/C12H21N3/c1-4-6-14-11(5-2)10-7-9(3)8-15-12(10)13/h7-8,11,14H,4-6H2,1-3H3,(H2,13,15). The third-order valence-electron chi connectivity index (χ3n) is 2.51. The van der Waals surface area contributed by atoms with Crippen molar-refractivity contribution in [1.82, 2.24) is 10.3 Å². The van der Waals surface area contributed by atoms with E-state index < -0.39 is 0 Å². The lowest BCUT2D eigenvalue weighted by atomic mass is 10.0. The molecule has 1 atom stereocenters. The van der Waals surface area contributed by atoms with Gasteiger partial charge >= 0.3 is 0 Å². The molecule has 0 bridgehead atoms. The molecule has 1 rings (SSSR count). The van der Waals surface area contributed by atoms with Crippen LogP contribution in [0.1, 0.15) is 43.9 Å². The molecule has 1 unspecified atom stereocenters. The largest absolute Gasteiger partial charge is 0.383 e. The number of pyridine rings is 1. The van der Waals surface area contributed by atoms with Crippen LogP contribution in [-0.2, 0) is 0 Å². The Morgan fingerprint density at radius 2 is 2.20 bits per heavy atom. The fraction of sp³-hybridized carbons (Fsp3) is 0.583. The molecule has 0 saturated heterocycles. The summed E-state index contributed by atoms with van der Waals surface area (Å²) in [6.45, 7) is 7.39. The first-order valence-electron chi connectivity index (χ1n) is 5.64. The van der Waals surface area contributed by atoms with Crippen molar-refractivity contribution in [1.29, 1.82) is 0 Å². The van der Waals surface area contributed by atoms with E-state index >= 15 is 0 Å². The number of rotatable bonds is 5. The molecule has 0 fully saturated rings. The number of aryl methyl sites for hydroxylation is 1. The van der Waals surface area contributed by atoms with Gasteiger partial charge in [-0.2, -0.15) is 0 Å². The summed E-state index contributed by atoms with van der Waals surface area (Å²) in [6, 6.07) is 2.46. The van der Waals surface area contributed by atoms with Crippen LogP contribution in [0.2, 0.25) is 0 Å². The van der Waals surface area contributed by atoms with Crippen molar-refractivity contribution in [3.63, 3.8) is 0 Å². The predicted molar refractivity (Wildman–Crippen MR) is 64.7 cm³/mol. The van der Waals surface area contributed by atoms with Crippen molar-refractivity contribution in [2.24, 2.45) is 0 Å². The van der Waals surface area contributed by atoms with Gasteiger partial charge in [-0.15, -0.1) is 0 Å². The maximum absolute atomic E-state index is 5.89. The van der Waals surface area contributed by atoms with Crippen molar-refractivity contribution >= 4 is 5.82 Å². The molecule has 0 aliphatic rings. The van der Waals surface area contributed by atoms with Gasteiger partial charge in [0, 0.05) is 17.8 Å². The zero-order chi connectivity index (χ0) is 11.3. The van der Waals surface area contributed by atoms with E-state index in [4.69, 9.17) is 5.73 Å². The smallest absolute Gasteiger partial charge is 0.128 e. The lowest BCUT2D eigenvalue weighted by Crippen LogP contribution is -2.22. The third kappa shape index (κ3) is 3.20. The van der Waals surface area contributed by atoms with Crippen LogP contribution in [0, 0.1) is 6.92 Å². The van der Waals surface area contributed by atoms with E-state index in [1.165, 1.54) is 0 Å². The molecule has 1 aromatic rings. The van der Waals surface area contributed by atoms with Crippen LogP contribution in [0.5, 0.6) is 0 Å². The van der Waals surface area contributed by atoms with E-state index in [1.54, 1.807) is 0 Å². The Morgan fingerprint density at radius 3 is 2.80 bits per heavy atom. The number of nitrogens with two attached hydrogens (primary N) is 1. The monoisotopic (exact) mass is 207 g/mol. The second-order valence-corrected chi connectivity index (χ2v) is 3.90. The fourth-order valence-electron chi connectivity index (χ4n) is 1.67. The molecule has 15 heavy (non-hydrogen) atoms. The zero-order valence-electron chi connectivity index (χ0n) is 9.88. The summed E-state index contributed by atoms with van der Waals surface area (Å²) >= 11 is 0. The van der Waals surface area contributed by atoms with Crippen LogP contribution in [-0.4, -0.2) is 11.5 Å². The molecule has 0 amide bonds. The van der Waals surface area contributed by atoms with Crippen LogP contribution >= 0.6 is 0 Å². The van der Waals surface area contributed by atoms with E-state index in [-0.39, 0.29) is 0 Å². The Labute approximate surface area is 92.1 Å². The topological polar surface area (TPSA) is 50.9 Å². The van der Waals surface area contributed by atoms with Gasteiger partial charge in [-0.3, -0.25) is 0 Å². The Balaban J connectivity index is 2.85. The van der Waals surface area contributed by atoms with Crippen molar-refractivity contribution < 1.29 is 0 Å². The Kier molecular flexibility index (Phi) is 4.56. The highest BCUT2D eigenvalue weighted by atomic mass is 14.9. The number of anilines is 1. The number of nitrogens with zero attached hydrogens (tertiary/aromatic N) is 1. The molecule has 3 nitrogen and oxygen atoms in total. The number of aromatic nitrogens is 1. The number of hydrogen-bond acceptors (Lipinski definition) is 3. The Morgan fingerprint density at radius 1 is 1.47 bits per heavy atom. The van der Waals surface area contributed by atoms with E-state index in [2.05, 4.69) is 30.2 Å². The molecule has 0 aliphatic carbocycles. The summed E-state index contributed by atoms with van der Waals surface area (Å²) in [5.41, 5.74) is 8.18. The second-order valence-electron chi connectivity index (χ2n) is 3.90. The molecule has 0 aliphatic heterocycles. The first kappa shape index (κ1) is 12.0. The van der Waals surface area contributed by atoms with Gasteiger partial charge in [-0.05, 0) is 37.9 Å². The average molecular weight is 207 g/mol. The third-order valence-corrected chi connectivity index (χ3v) is 2.51.